The third-order valence-electron chi connectivity index (χ3n) is 2.91. The van der Waals surface area contributed by atoms with Crippen molar-refractivity contribution in [1.29, 1.82) is 0 Å². The SMILES string of the molecule is NC(=O)CC(N)C(=O)O.NC(=O)CC(N)C(=O)O.NC(=O)CC(N)C(=O)O.NCC(=O)O.NCC(=O)O.NCC(=O)O.NCC(=O)O. The van der Waals surface area contributed by atoms with Gasteiger partial charge < -0.3 is 93.1 Å². The molecule has 0 aromatic rings. The molecular weight excluding hydrogens is 652 g/mol. The Labute approximate surface area is 264 Å². The first-order valence-corrected chi connectivity index (χ1v) is 11.7. The van der Waals surface area contributed by atoms with Gasteiger partial charge in [-0.05, 0) is 0 Å². The summed E-state index contributed by atoms with van der Waals surface area (Å²) in [4.78, 5) is 96.7. The minimum atomic E-state index is -1.21. The number of carbonyl (C=O) groups is 10. The van der Waals surface area contributed by atoms with Gasteiger partial charge in [-0.15, -0.1) is 0 Å². The molecule has 0 saturated heterocycles. The van der Waals surface area contributed by atoms with E-state index in [4.69, 9.17) is 52.9 Å². The molecule has 3 amide bonds. The van der Waals surface area contributed by atoms with Crippen molar-refractivity contribution in [3.05, 3.63) is 0 Å². The van der Waals surface area contributed by atoms with Crippen LogP contribution in [0.2, 0.25) is 0 Å². The molecule has 0 aromatic heterocycles. The molecule has 0 bridgehead atoms. The number of rotatable bonds is 13. The van der Waals surface area contributed by atoms with Crippen LogP contribution in [0.3, 0.4) is 0 Å². The molecule has 0 spiro atoms. The van der Waals surface area contributed by atoms with Crippen molar-refractivity contribution in [1.82, 2.24) is 0 Å². The maximum absolute atomic E-state index is 9.99. The van der Waals surface area contributed by atoms with Gasteiger partial charge in [0.25, 0.3) is 0 Å². The average molecular weight is 697 g/mol. The Morgan fingerprint density at radius 2 is 0.468 bits per heavy atom. The van der Waals surface area contributed by atoms with Crippen molar-refractivity contribution in [3.63, 3.8) is 0 Å². The van der Waals surface area contributed by atoms with Gasteiger partial charge in [-0.3, -0.25) is 47.9 Å². The van der Waals surface area contributed by atoms with E-state index in [-0.39, 0.29) is 45.4 Å². The lowest BCUT2D eigenvalue weighted by Gasteiger charge is -1.99. The van der Waals surface area contributed by atoms with E-state index < -0.39 is 77.6 Å². The minimum absolute atomic E-state index is 0.278. The second kappa shape index (κ2) is 38.4. The molecule has 27 heteroatoms. The highest BCUT2D eigenvalue weighted by Gasteiger charge is 2.14. The van der Waals surface area contributed by atoms with E-state index in [0.29, 0.717) is 0 Å². The summed E-state index contributed by atoms with van der Waals surface area (Å²) in [5.41, 5.74) is 47.0. The number of carboxylic acids is 7. The number of carbonyl (C=O) groups excluding carboxylic acids is 3. The summed E-state index contributed by atoms with van der Waals surface area (Å²) in [5.74, 6) is -9.62. The Balaban J connectivity index is -0.0000000810. The molecule has 27 nitrogen and oxygen atoms in total. The van der Waals surface area contributed by atoms with E-state index in [1.54, 1.807) is 0 Å². The smallest absolute Gasteiger partial charge is 0.321 e. The van der Waals surface area contributed by atoms with Crippen LogP contribution in [-0.4, -0.2) is 140 Å². The van der Waals surface area contributed by atoms with Gasteiger partial charge >= 0.3 is 41.8 Å². The van der Waals surface area contributed by atoms with Gasteiger partial charge in [0, 0.05) is 0 Å². The van der Waals surface area contributed by atoms with Crippen LogP contribution in [0.25, 0.3) is 0 Å². The lowest BCUT2D eigenvalue weighted by atomic mass is 10.2. The zero-order chi connectivity index (χ0) is 39.5. The van der Waals surface area contributed by atoms with Crippen molar-refractivity contribution < 1.29 is 83.7 Å². The quantitative estimate of drug-likeness (QED) is 0.0849. The average Bonchev–Trinajstić information content (AvgIpc) is 2.93. The zero-order valence-corrected chi connectivity index (χ0v) is 24.7. The number of nitrogens with two attached hydrogens (primary N) is 10. The first-order chi connectivity index (χ1) is 21.2. The van der Waals surface area contributed by atoms with Crippen molar-refractivity contribution in [2.45, 2.75) is 37.4 Å². The summed E-state index contributed by atoms with van der Waals surface area (Å²) in [6.07, 6.45) is -0.931. The summed E-state index contributed by atoms with van der Waals surface area (Å²) in [6, 6.07) is -3.49. The summed E-state index contributed by atoms with van der Waals surface area (Å²) < 4.78 is 0. The second-order valence-corrected chi connectivity index (χ2v) is 7.24. The highest BCUT2D eigenvalue weighted by Crippen LogP contribution is 1.85. The first kappa shape index (κ1) is 57.1. The van der Waals surface area contributed by atoms with E-state index in [1.165, 1.54) is 0 Å². The number of hydrogen-bond acceptors (Lipinski definition) is 17. The van der Waals surface area contributed by atoms with Gasteiger partial charge in [-0.25, -0.2) is 0 Å². The fraction of sp³-hybridized carbons (Fsp3) is 0.500. The van der Waals surface area contributed by atoms with Crippen molar-refractivity contribution in [2.24, 2.45) is 57.3 Å². The molecule has 3 atom stereocenters. The third-order valence-corrected chi connectivity index (χ3v) is 2.91. The third kappa shape index (κ3) is 85.5. The molecule has 0 radical (unpaired) electrons. The highest BCUT2D eigenvalue weighted by molar-refractivity contribution is 5.84. The molecule has 0 rings (SSSR count). The Bertz CT molecular complexity index is 850. The van der Waals surface area contributed by atoms with Crippen LogP contribution in [0.15, 0.2) is 0 Å². The first-order valence-electron chi connectivity index (χ1n) is 11.7. The Morgan fingerprint density at radius 1 is 0.362 bits per heavy atom. The largest absolute Gasteiger partial charge is 0.480 e. The van der Waals surface area contributed by atoms with Gasteiger partial charge in [-0.1, -0.05) is 0 Å². The summed E-state index contributed by atoms with van der Waals surface area (Å²) in [5, 5.41) is 54.7. The maximum atomic E-state index is 9.99. The number of amides is 3. The van der Waals surface area contributed by atoms with E-state index in [2.05, 4.69) is 40.1 Å². The van der Waals surface area contributed by atoms with Crippen molar-refractivity contribution in [2.75, 3.05) is 26.2 Å². The van der Waals surface area contributed by atoms with E-state index in [9.17, 15) is 47.9 Å². The van der Waals surface area contributed by atoms with Crippen LogP contribution in [0.1, 0.15) is 19.3 Å². The molecule has 0 saturated carbocycles. The molecule has 0 fully saturated rings. The monoisotopic (exact) mass is 696 g/mol. The fourth-order valence-electron chi connectivity index (χ4n) is 0.912. The van der Waals surface area contributed by atoms with Crippen LogP contribution < -0.4 is 57.3 Å². The zero-order valence-electron chi connectivity index (χ0n) is 24.7. The molecule has 0 heterocycles. The van der Waals surface area contributed by atoms with Crippen LogP contribution in [-0.2, 0) is 47.9 Å². The molecule has 0 aromatic carbocycles. The Kier molecular flexibility index (Phi) is 46.7. The number of primary amides is 3. The van der Waals surface area contributed by atoms with Crippen molar-refractivity contribution >= 4 is 59.5 Å². The van der Waals surface area contributed by atoms with Gasteiger partial charge in [-0.2, -0.15) is 0 Å². The molecule has 27 N–H and O–H groups in total. The molecular formula is C20H44N10O17. The Hall–Kier alpha value is -5.58. The summed E-state index contributed by atoms with van der Waals surface area (Å²) in [6.45, 7) is -1.11. The van der Waals surface area contributed by atoms with Gasteiger partial charge in [0.05, 0.1) is 45.4 Å². The van der Waals surface area contributed by atoms with Crippen LogP contribution in [0.5, 0.6) is 0 Å². The van der Waals surface area contributed by atoms with E-state index in [1.807, 2.05) is 0 Å². The predicted octanol–water partition coefficient (Wildman–Crippen LogP) is -9.06. The fourth-order valence-corrected chi connectivity index (χ4v) is 0.912. The van der Waals surface area contributed by atoms with Crippen molar-refractivity contribution in [3.8, 4) is 0 Å². The van der Waals surface area contributed by atoms with Gasteiger partial charge in [0.15, 0.2) is 0 Å². The molecule has 0 aliphatic carbocycles. The van der Waals surface area contributed by atoms with E-state index in [0.717, 1.165) is 0 Å². The van der Waals surface area contributed by atoms with Crippen LogP contribution in [0.4, 0.5) is 0 Å². The maximum Gasteiger partial charge on any atom is 0.321 e. The normalized spacial score (nSPS) is 10.4. The van der Waals surface area contributed by atoms with Crippen LogP contribution in [0, 0.1) is 0 Å². The summed E-state index contributed by atoms with van der Waals surface area (Å²) in [7, 11) is 0. The molecule has 0 aliphatic heterocycles. The van der Waals surface area contributed by atoms with Gasteiger partial charge in [0.2, 0.25) is 17.7 Å². The van der Waals surface area contributed by atoms with E-state index >= 15 is 0 Å². The predicted molar refractivity (Wildman–Crippen MR) is 155 cm³/mol. The van der Waals surface area contributed by atoms with Gasteiger partial charge in [0.1, 0.15) is 18.1 Å². The Morgan fingerprint density at radius 3 is 0.489 bits per heavy atom. The number of carboxylic acid groups (broad SMARTS) is 7. The lowest BCUT2D eigenvalue weighted by Crippen LogP contribution is -2.34. The molecule has 3 unspecified atom stereocenters. The molecule has 0 aliphatic rings. The second-order valence-electron chi connectivity index (χ2n) is 7.24. The minimum Gasteiger partial charge on any atom is -0.480 e. The lowest BCUT2D eigenvalue weighted by molar-refractivity contribution is -0.140. The van der Waals surface area contributed by atoms with Crippen LogP contribution >= 0.6 is 0 Å². The highest BCUT2D eigenvalue weighted by atomic mass is 16.4. The number of aliphatic carboxylic acids is 7. The summed E-state index contributed by atoms with van der Waals surface area (Å²) >= 11 is 0. The molecule has 47 heavy (non-hydrogen) atoms. The number of hydrogen-bond donors (Lipinski definition) is 17. The molecule has 276 valence electrons. The standard InChI is InChI=1S/3C4H8N2O3.4C2H5NO2/c3*5-2(4(8)9)1-3(6)7;4*3-1-2(4)5/h3*2H,1,5H2,(H2,6,7)(H,8,9);4*1,3H2,(H,4,5). The topological polar surface area (TPSA) is 573 Å².